The molecule has 3 rings (SSSR count). The number of piperidine rings is 2. The number of nitrogens with one attached hydrogen (secondary N) is 1. The van der Waals surface area contributed by atoms with E-state index in [2.05, 4.69) is 12.2 Å². The molecule has 1 nitrogen and oxygen atoms in total. The molecule has 1 N–H and O–H groups in total. The van der Waals surface area contributed by atoms with Gasteiger partial charge in [0.15, 0.2) is 0 Å². The van der Waals surface area contributed by atoms with Crippen molar-refractivity contribution in [1.82, 2.24) is 5.32 Å². The van der Waals surface area contributed by atoms with E-state index in [1.54, 1.807) is 0 Å². The Morgan fingerprint density at radius 2 is 2.25 bits per heavy atom. The topological polar surface area (TPSA) is 12.0 Å². The Balaban J connectivity index is 2.06. The number of fused-ring (bicyclic) bond motifs is 2. The maximum atomic E-state index is 3.42. The highest BCUT2D eigenvalue weighted by Gasteiger charge is 2.42. The van der Waals surface area contributed by atoms with E-state index >= 15 is 0 Å². The summed E-state index contributed by atoms with van der Waals surface area (Å²) in [5, 5.41) is 3.42. The summed E-state index contributed by atoms with van der Waals surface area (Å²) in [6, 6.07) is 0. The van der Waals surface area contributed by atoms with Crippen molar-refractivity contribution < 1.29 is 0 Å². The van der Waals surface area contributed by atoms with Crippen LogP contribution in [0.1, 0.15) is 19.8 Å². The average molecular weight is 111 g/mol. The predicted octanol–water partition coefficient (Wildman–Crippen LogP) is 1.01. The van der Waals surface area contributed by atoms with Crippen LogP contribution >= 0.6 is 0 Å². The van der Waals surface area contributed by atoms with Crippen LogP contribution in [-0.2, 0) is 0 Å². The molecular weight excluding hydrogens is 98.1 g/mol. The Bertz CT molecular complexity index is 97.4. The van der Waals surface area contributed by atoms with Crippen molar-refractivity contribution in [3.63, 3.8) is 0 Å². The molecular formula is C7H13N. The van der Waals surface area contributed by atoms with Gasteiger partial charge in [-0.15, -0.1) is 0 Å². The lowest BCUT2D eigenvalue weighted by atomic mass is 9.61. The highest BCUT2D eigenvalue weighted by Crippen LogP contribution is 2.46. The summed E-state index contributed by atoms with van der Waals surface area (Å²) in [7, 11) is 0. The molecule has 0 atom stereocenters. The molecule has 2 heterocycles. The monoisotopic (exact) mass is 111 g/mol. The highest BCUT2D eigenvalue weighted by atomic mass is 14.9. The maximum Gasteiger partial charge on any atom is 0.000550 e. The molecule has 3 fully saturated rings. The number of hydrogen-bond donors (Lipinski definition) is 1. The molecule has 0 radical (unpaired) electrons. The van der Waals surface area contributed by atoms with Crippen LogP contribution in [-0.4, -0.2) is 13.1 Å². The van der Waals surface area contributed by atoms with Crippen molar-refractivity contribution in [2.75, 3.05) is 13.1 Å². The molecule has 0 aromatic heterocycles. The molecule has 2 aliphatic heterocycles. The second kappa shape index (κ2) is 1.27. The first kappa shape index (κ1) is 4.80. The summed E-state index contributed by atoms with van der Waals surface area (Å²) in [6.07, 6.45) is 2.97. The first-order chi connectivity index (χ1) is 3.79. The first-order valence-electron chi connectivity index (χ1n) is 3.49. The number of rotatable bonds is 0. The zero-order chi connectivity index (χ0) is 5.61. The predicted molar refractivity (Wildman–Crippen MR) is 33.7 cm³/mol. The minimum Gasteiger partial charge on any atom is -0.316 e. The van der Waals surface area contributed by atoms with E-state index in [-0.39, 0.29) is 0 Å². The molecule has 0 aromatic rings. The average Bonchev–Trinajstić information content (AvgIpc) is 1.63. The lowest BCUT2D eigenvalue weighted by molar-refractivity contribution is 0.0326. The third-order valence-corrected chi connectivity index (χ3v) is 2.55. The largest absolute Gasteiger partial charge is 0.316 e. The van der Waals surface area contributed by atoms with E-state index in [4.69, 9.17) is 0 Å². The van der Waals surface area contributed by atoms with Gasteiger partial charge in [0.1, 0.15) is 0 Å². The van der Waals surface area contributed by atoms with Crippen LogP contribution in [0.15, 0.2) is 0 Å². The Hall–Kier alpha value is -0.0400. The lowest BCUT2D eigenvalue weighted by Crippen LogP contribution is -2.52. The van der Waals surface area contributed by atoms with Crippen LogP contribution in [0.2, 0.25) is 0 Å². The molecule has 1 heteroatoms. The van der Waals surface area contributed by atoms with Gasteiger partial charge in [-0.1, -0.05) is 6.92 Å². The highest BCUT2D eigenvalue weighted by molar-refractivity contribution is 4.96. The fourth-order valence-corrected chi connectivity index (χ4v) is 2.20. The van der Waals surface area contributed by atoms with Crippen LogP contribution < -0.4 is 5.32 Å². The van der Waals surface area contributed by atoms with E-state index in [1.807, 2.05) is 0 Å². The van der Waals surface area contributed by atoms with Crippen LogP contribution in [0.25, 0.3) is 0 Å². The molecule has 1 saturated carbocycles. The molecule has 0 aromatic carbocycles. The maximum absolute atomic E-state index is 3.42. The van der Waals surface area contributed by atoms with Crippen LogP contribution in [0.5, 0.6) is 0 Å². The van der Waals surface area contributed by atoms with Gasteiger partial charge in [-0.25, -0.2) is 0 Å². The van der Waals surface area contributed by atoms with Crippen LogP contribution in [0.3, 0.4) is 0 Å². The molecule has 2 saturated heterocycles. The third-order valence-electron chi connectivity index (χ3n) is 2.55. The molecule has 2 bridgehead atoms. The second-order valence-corrected chi connectivity index (χ2v) is 3.72. The molecule has 0 unspecified atom stereocenters. The van der Waals surface area contributed by atoms with Crippen molar-refractivity contribution in [1.29, 1.82) is 0 Å². The van der Waals surface area contributed by atoms with Gasteiger partial charge in [-0.2, -0.15) is 0 Å². The molecule has 0 amide bonds. The Morgan fingerprint density at radius 1 is 1.50 bits per heavy atom. The zero-order valence-electron chi connectivity index (χ0n) is 5.41. The van der Waals surface area contributed by atoms with Gasteiger partial charge in [0.25, 0.3) is 0 Å². The van der Waals surface area contributed by atoms with Gasteiger partial charge >= 0.3 is 0 Å². The normalized spacial score (nSPS) is 52.9. The van der Waals surface area contributed by atoms with Gasteiger partial charge in [-0.3, -0.25) is 0 Å². The third kappa shape index (κ3) is 0.510. The Kier molecular flexibility index (Phi) is 0.762. The molecule has 0 spiro atoms. The quantitative estimate of drug-likeness (QED) is 0.492. The van der Waals surface area contributed by atoms with Crippen molar-refractivity contribution in [3.05, 3.63) is 0 Å². The number of hydrogen-bond acceptors (Lipinski definition) is 1. The van der Waals surface area contributed by atoms with Gasteiger partial charge in [-0.05, 0) is 30.7 Å². The first-order valence-corrected chi connectivity index (χ1v) is 3.49. The summed E-state index contributed by atoms with van der Waals surface area (Å²) >= 11 is 0. The molecule has 3 aliphatic rings. The fourth-order valence-electron chi connectivity index (χ4n) is 2.20. The smallest absolute Gasteiger partial charge is 0.000550 e. The van der Waals surface area contributed by atoms with Gasteiger partial charge in [0, 0.05) is 6.54 Å². The lowest BCUT2D eigenvalue weighted by Gasteiger charge is -2.50. The zero-order valence-corrected chi connectivity index (χ0v) is 5.41. The summed E-state index contributed by atoms with van der Waals surface area (Å²) in [5.74, 6) is 1.04. The van der Waals surface area contributed by atoms with E-state index in [9.17, 15) is 0 Å². The standard InChI is InChI=1S/C7H13N/c1-7-2-6(3-7)4-8-5-7/h6,8H,2-5H2,1H3. The minimum atomic E-state index is 0.711. The van der Waals surface area contributed by atoms with Crippen molar-refractivity contribution in [3.8, 4) is 0 Å². The summed E-state index contributed by atoms with van der Waals surface area (Å²) < 4.78 is 0. The van der Waals surface area contributed by atoms with E-state index in [0.717, 1.165) is 5.92 Å². The van der Waals surface area contributed by atoms with Crippen molar-refractivity contribution in [2.45, 2.75) is 19.8 Å². The van der Waals surface area contributed by atoms with Crippen molar-refractivity contribution in [2.24, 2.45) is 11.3 Å². The van der Waals surface area contributed by atoms with Crippen LogP contribution in [0, 0.1) is 11.3 Å². The Morgan fingerprint density at radius 3 is 2.50 bits per heavy atom. The molecule has 46 valence electrons. The Labute approximate surface area is 50.5 Å². The molecule has 8 heavy (non-hydrogen) atoms. The SMILES string of the molecule is CC12CNCC(C1)C2. The summed E-state index contributed by atoms with van der Waals surface area (Å²) in [6.45, 7) is 4.94. The van der Waals surface area contributed by atoms with E-state index in [1.165, 1.54) is 25.9 Å². The summed E-state index contributed by atoms with van der Waals surface area (Å²) in [4.78, 5) is 0. The van der Waals surface area contributed by atoms with Crippen molar-refractivity contribution >= 4 is 0 Å². The van der Waals surface area contributed by atoms with Gasteiger partial charge in [0.2, 0.25) is 0 Å². The van der Waals surface area contributed by atoms with E-state index < -0.39 is 0 Å². The second-order valence-electron chi connectivity index (χ2n) is 3.72. The molecule has 1 aliphatic carbocycles. The minimum absolute atomic E-state index is 0.711. The van der Waals surface area contributed by atoms with Gasteiger partial charge in [0.05, 0.1) is 0 Å². The van der Waals surface area contributed by atoms with Crippen LogP contribution in [0.4, 0.5) is 0 Å². The van der Waals surface area contributed by atoms with Gasteiger partial charge < -0.3 is 5.32 Å². The summed E-state index contributed by atoms with van der Waals surface area (Å²) in [5.41, 5.74) is 0.711. The van der Waals surface area contributed by atoms with E-state index in [0.29, 0.717) is 5.41 Å². The fraction of sp³-hybridized carbons (Fsp3) is 1.00.